The van der Waals surface area contributed by atoms with Gasteiger partial charge >= 0.3 is 0 Å². The van der Waals surface area contributed by atoms with Crippen LogP contribution in [0.4, 0.5) is 10.1 Å². The van der Waals surface area contributed by atoms with Gasteiger partial charge in [-0.15, -0.1) is 0 Å². The summed E-state index contributed by atoms with van der Waals surface area (Å²) >= 11 is 0. The molecule has 0 atom stereocenters. The van der Waals surface area contributed by atoms with Gasteiger partial charge in [-0.1, -0.05) is 42.5 Å². The van der Waals surface area contributed by atoms with Crippen LogP contribution in [0.5, 0.6) is 0 Å². The van der Waals surface area contributed by atoms with Crippen molar-refractivity contribution in [3.63, 3.8) is 0 Å². The molecule has 2 N–H and O–H groups in total. The van der Waals surface area contributed by atoms with Crippen molar-refractivity contribution in [2.45, 2.75) is 0 Å². The Morgan fingerprint density at radius 2 is 1.57 bits per heavy atom. The SMILES string of the molecule is Nc1c(F)cccc1-c1ccccc1. The van der Waals surface area contributed by atoms with Crippen molar-refractivity contribution in [2.24, 2.45) is 0 Å². The molecule has 70 valence electrons. The van der Waals surface area contributed by atoms with Crippen LogP contribution in [-0.2, 0) is 0 Å². The van der Waals surface area contributed by atoms with Gasteiger partial charge in [-0.25, -0.2) is 4.39 Å². The molecule has 0 amide bonds. The summed E-state index contributed by atoms with van der Waals surface area (Å²) < 4.78 is 13.1. The third-order valence-corrected chi connectivity index (χ3v) is 2.14. The van der Waals surface area contributed by atoms with E-state index >= 15 is 0 Å². The summed E-state index contributed by atoms with van der Waals surface area (Å²) in [6, 6.07) is 14.4. The van der Waals surface area contributed by atoms with Crippen LogP contribution in [0.3, 0.4) is 0 Å². The Hall–Kier alpha value is -1.83. The van der Waals surface area contributed by atoms with E-state index in [2.05, 4.69) is 0 Å². The lowest BCUT2D eigenvalue weighted by molar-refractivity contribution is 0.633. The first-order valence-electron chi connectivity index (χ1n) is 4.38. The average Bonchev–Trinajstić information content (AvgIpc) is 2.23. The van der Waals surface area contributed by atoms with Crippen molar-refractivity contribution >= 4 is 5.69 Å². The second-order valence-corrected chi connectivity index (χ2v) is 3.07. The molecule has 2 rings (SSSR count). The standard InChI is InChI=1S/C12H10FN/c13-11-8-4-7-10(12(11)14)9-5-2-1-3-6-9/h1-8H,14H2. The van der Waals surface area contributed by atoms with Crippen LogP contribution in [0.15, 0.2) is 48.5 Å². The molecule has 0 aliphatic rings. The van der Waals surface area contributed by atoms with Gasteiger partial charge in [0, 0.05) is 5.56 Å². The Morgan fingerprint density at radius 1 is 0.857 bits per heavy atom. The van der Waals surface area contributed by atoms with Gasteiger partial charge in [-0.2, -0.15) is 0 Å². The summed E-state index contributed by atoms with van der Waals surface area (Å²) in [6.45, 7) is 0. The number of para-hydroxylation sites is 1. The number of benzene rings is 2. The largest absolute Gasteiger partial charge is 0.396 e. The van der Waals surface area contributed by atoms with Crippen LogP contribution in [-0.4, -0.2) is 0 Å². The monoisotopic (exact) mass is 187 g/mol. The lowest BCUT2D eigenvalue weighted by atomic mass is 10.0. The van der Waals surface area contributed by atoms with E-state index in [9.17, 15) is 4.39 Å². The summed E-state index contributed by atoms with van der Waals surface area (Å²) in [5, 5.41) is 0. The summed E-state index contributed by atoms with van der Waals surface area (Å²) in [4.78, 5) is 0. The molecule has 0 radical (unpaired) electrons. The fourth-order valence-electron chi connectivity index (χ4n) is 1.41. The van der Waals surface area contributed by atoms with Crippen LogP contribution in [0.1, 0.15) is 0 Å². The highest BCUT2D eigenvalue weighted by molar-refractivity contribution is 5.76. The molecule has 2 heteroatoms. The van der Waals surface area contributed by atoms with Crippen molar-refractivity contribution < 1.29 is 4.39 Å². The fourth-order valence-corrected chi connectivity index (χ4v) is 1.41. The molecule has 0 spiro atoms. The van der Waals surface area contributed by atoms with Crippen molar-refractivity contribution in [3.05, 3.63) is 54.3 Å². The Kier molecular flexibility index (Phi) is 2.19. The molecule has 0 bridgehead atoms. The molecule has 2 aromatic carbocycles. The molecule has 0 unspecified atom stereocenters. The maximum absolute atomic E-state index is 13.1. The summed E-state index contributed by atoms with van der Waals surface area (Å²) in [7, 11) is 0. The maximum atomic E-state index is 13.1. The second kappa shape index (κ2) is 3.50. The van der Waals surface area contributed by atoms with E-state index in [-0.39, 0.29) is 11.5 Å². The minimum atomic E-state index is -0.369. The number of hydrogen-bond donors (Lipinski definition) is 1. The van der Waals surface area contributed by atoms with Crippen LogP contribution in [0.2, 0.25) is 0 Å². The van der Waals surface area contributed by atoms with Crippen molar-refractivity contribution in [1.82, 2.24) is 0 Å². The average molecular weight is 187 g/mol. The normalized spacial score (nSPS) is 10.1. The van der Waals surface area contributed by atoms with Gasteiger partial charge in [0.2, 0.25) is 0 Å². The number of hydrogen-bond acceptors (Lipinski definition) is 1. The van der Waals surface area contributed by atoms with E-state index in [4.69, 9.17) is 5.73 Å². The molecule has 14 heavy (non-hydrogen) atoms. The quantitative estimate of drug-likeness (QED) is 0.682. The van der Waals surface area contributed by atoms with Gasteiger partial charge in [0.05, 0.1) is 5.69 Å². The molecule has 0 heterocycles. The highest BCUT2D eigenvalue weighted by Crippen LogP contribution is 2.27. The number of anilines is 1. The molecule has 0 saturated carbocycles. The van der Waals surface area contributed by atoms with Gasteiger partial charge in [0.1, 0.15) is 5.82 Å². The number of nitrogens with two attached hydrogens (primary N) is 1. The highest BCUT2D eigenvalue weighted by Gasteiger charge is 2.05. The van der Waals surface area contributed by atoms with Crippen LogP contribution < -0.4 is 5.73 Å². The van der Waals surface area contributed by atoms with E-state index in [1.54, 1.807) is 6.07 Å². The Morgan fingerprint density at radius 3 is 2.29 bits per heavy atom. The zero-order chi connectivity index (χ0) is 9.97. The third-order valence-electron chi connectivity index (χ3n) is 2.14. The van der Waals surface area contributed by atoms with Crippen molar-refractivity contribution in [3.8, 4) is 11.1 Å². The third kappa shape index (κ3) is 1.46. The molecule has 0 aliphatic carbocycles. The molecular weight excluding hydrogens is 177 g/mol. The molecular formula is C12H10FN. The molecule has 0 aliphatic heterocycles. The van der Waals surface area contributed by atoms with Crippen LogP contribution in [0, 0.1) is 5.82 Å². The van der Waals surface area contributed by atoms with Gasteiger partial charge in [-0.3, -0.25) is 0 Å². The Labute approximate surface area is 82.0 Å². The lowest BCUT2D eigenvalue weighted by Gasteiger charge is -2.05. The Balaban J connectivity index is 2.58. The number of nitrogen functional groups attached to an aromatic ring is 1. The first kappa shape index (κ1) is 8.75. The van der Waals surface area contributed by atoms with Gasteiger partial charge in [-0.05, 0) is 11.6 Å². The smallest absolute Gasteiger partial charge is 0.146 e. The summed E-state index contributed by atoms with van der Waals surface area (Å²) in [5.41, 5.74) is 7.52. The van der Waals surface area contributed by atoms with Crippen LogP contribution >= 0.6 is 0 Å². The van der Waals surface area contributed by atoms with E-state index in [0.29, 0.717) is 0 Å². The zero-order valence-electron chi connectivity index (χ0n) is 7.57. The second-order valence-electron chi connectivity index (χ2n) is 3.07. The number of rotatable bonds is 1. The number of halogens is 1. The predicted octanol–water partition coefficient (Wildman–Crippen LogP) is 3.07. The molecule has 0 fully saturated rings. The maximum Gasteiger partial charge on any atom is 0.146 e. The highest BCUT2D eigenvalue weighted by atomic mass is 19.1. The minimum Gasteiger partial charge on any atom is -0.396 e. The summed E-state index contributed by atoms with van der Waals surface area (Å²) in [6.07, 6.45) is 0. The lowest BCUT2D eigenvalue weighted by Crippen LogP contribution is -1.93. The first-order valence-corrected chi connectivity index (χ1v) is 4.38. The molecule has 2 aromatic rings. The minimum absolute atomic E-state index is 0.207. The molecule has 1 nitrogen and oxygen atoms in total. The van der Waals surface area contributed by atoms with Crippen LogP contribution in [0.25, 0.3) is 11.1 Å². The van der Waals surface area contributed by atoms with Crippen molar-refractivity contribution in [2.75, 3.05) is 5.73 Å². The van der Waals surface area contributed by atoms with E-state index < -0.39 is 0 Å². The predicted molar refractivity (Wildman–Crippen MR) is 56.2 cm³/mol. The molecule has 0 aromatic heterocycles. The van der Waals surface area contributed by atoms with E-state index in [1.807, 2.05) is 36.4 Å². The van der Waals surface area contributed by atoms with E-state index in [1.165, 1.54) is 6.07 Å². The zero-order valence-corrected chi connectivity index (χ0v) is 7.57. The summed E-state index contributed by atoms with van der Waals surface area (Å²) in [5.74, 6) is -0.369. The van der Waals surface area contributed by atoms with Gasteiger partial charge in [0.15, 0.2) is 0 Å². The topological polar surface area (TPSA) is 26.0 Å². The van der Waals surface area contributed by atoms with Gasteiger partial charge < -0.3 is 5.73 Å². The van der Waals surface area contributed by atoms with Crippen molar-refractivity contribution in [1.29, 1.82) is 0 Å². The van der Waals surface area contributed by atoms with E-state index in [0.717, 1.165) is 11.1 Å². The fraction of sp³-hybridized carbons (Fsp3) is 0. The first-order chi connectivity index (χ1) is 6.79. The molecule has 0 saturated heterocycles. The van der Waals surface area contributed by atoms with Gasteiger partial charge in [0.25, 0.3) is 0 Å². The Bertz CT molecular complexity index is 437.